The van der Waals surface area contributed by atoms with Gasteiger partial charge in [-0.25, -0.2) is 4.79 Å². The maximum Gasteiger partial charge on any atom is 0.326 e. The number of amidine groups is 1. The Labute approximate surface area is 248 Å². The van der Waals surface area contributed by atoms with E-state index in [2.05, 4.69) is 16.4 Å². The van der Waals surface area contributed by atoms with Crippen LogP contribution in [0.15, 0.2) is 77.9 Å². The first-order valence-electron chi connectivity index (χ1n) is 13.8. The smallest absolute Gasteiger partial charge is 0.326 e. The third kappa shape index (κ3) is 5.06. The van der Waals surface area contributed by atoms with Crippen LogP contribution in [0.1, 0.15) is 48.2 Å². The zero-order valence-corrected chi connectivity index (χ0v) is 23.9. The summed E-state index contributed by atoms with van der Waals surface area (Å²) in [7, 11) is 0. The molecule has 4 aromatic rings. The minimum absolute atomic E-state index is 0.0580. The molecule has 1 fully saturated rings. The van der Waals surface area contributed by atoms with Gasteiger partial charge < -0.3 is 19.9 Å². The van der Waals surface area contributed by atoms with E-state index in [1.165, 1.54) is 0 Å². The molecule has 1 aromatic heterocycles. The highest BCUT2D eigenvalue weighted by Crippen LogP contribution is 2.47. The van der Waals surface area contributed by atoms with Crippen LogP contribution in [0.3, 0.4) is 0 Å². The van der Waals surface area contributed by atoms with E-state index >= 15 is 0 Å². The second-order valence-corrected chi connectivity index (χ2v) is 11.0. The molecule has 0 spiro atoms. The van der Waals surface area contributed by atoms with Gasteiger partial charge in [-0.1, -0.05) is 41.9 Å². The highest BCUT2D eigenvalue weighted by molar-refractivity contribution is 6.30. The second kappa shape index (κ2) is 11.2. The van der Waals surface area contributed by atoms with Crippen LogP contribution < -0.4 is 10.1 Å². The number of hydrogen-bond acceptors (Lipinski definition) is 5. The highest BCUT2D eigenvalue weighted by Gasteiger charge is 2.46. The van der Waals surface area contributed by atoms with Crippen molar-refractivity contribution in [3.8, 4) is 11.8 Å². The van der Waals surface area contributed by atoms with Crippen molar-refractivity contribution in [2.75, 3.05) is 19.6 Å². The summed E-state index contributed by atoms with van der Waals surface area (Å²) in [6, 6.07) is 21.3. The molecule has 0 aliphatic carbocycles. The van der Waals surface area contributed by atoms with Crippen LogP contribution in [0.25, 0.3) is 10.9 Å². The molecule has 3 aromatic carbocycles. The first-order valence-corrected chi connectivity index (χ1v) is 14.2. The largest absolute Gasteiger partial charge is 0.490 e. The highest BCUT2D eigenvalue weighted by atomic mass is 35.5. The van der Waals surface area contributed by atoms with Gasteiger partial charge in [-0.2, -0.15) is 5.26 Å². The lowest BCUT2D eigenvalue weighted by atomic mass is 9.93. The predicted molar refractivity (Wildman–Crippen MR) is 161 cm³/mol. The summed E-state index contributed by atoms with van der Waals surface area (Å²) in [6.45, 7) is 4.47. The number of aliphatic imine (C=N–C) groups is 1. The molecule has 6 rings (SSSR count). The van der Waals surface area contributed by atoms with Gasteiger partial charge in [0.15, 0.2) is 0 Å². The van der Waals surface area contributed by atoms with Crippen LogP contribution >= 0.6 is 11.6 Å². The Hall–Kier alpha value is -4.81. The number of nitriles is 1. The number of amides is 3. The minimum atomic E-state index is -0.558. The zero-order valence-electron chi connectivity index (χ0n) is 23.2. The Balaban J connectivity index is 1.58. The van der Waals surface area contributed by atoms with E-state index in [0.717, 1.165) is 22.0 Å². The number of rotatable bonds is 5. The lowest BCUT2D eigenvalue weighted by Crippen LogP contribution is -2.55. The van der Waals surface area contributed by atoms with Crippen LogP contribution in [-0.4, -0.2) is 58.3 Å². The van der Waals surface area contributed by atoms with Gasteiger partial charge in [-0.15, -0.1) is 0 Å². The summed E-state index contributed by atoms with van der Waals surface area (Å²) in [6.07, 6.45) is 1.73. The summed E-state index contributed by atoms with van der Waals surface area (Å²) in [5, 5.41) is 14.0. The van der Waals surface area contributed by atoms with Crippen molar-refractivity contribution in [1.82, 2.24) is 20.1 Å². The maximum absolute atomic E-state index is 14.5. The molecular formula is C32H29ClN6O3. The number of fused-ring (bicyclic) bond motifs is 1. The van der Waals surface area contributed by atoms with E-state index in [4.69, 9.17) is 21.3 Å². The maximum atomic E-state index is 14.5. The molecule has 9 nitrogen and oxygen atoms in total. The van der Waals surface area contributed by atoms with Gasteiger partial charge in [0.05, 0.1) is 29.3 Å². The number of halogens is 1. The van der Waals surface area contributed by atoms with Crippen molar-refractivity contribution in [1.29, 1.82) is 5.26 Å². The average molecular weight is 581 g/mol. The van der Waals surface area contributed by atoms with Crippen LogP contribution in [0.4, 0.5) is 4.79 Å². The molecule has 10 heteroatoms. The van der Waals surface area contributed by atoms with Gasteiger partial charge in [-0.3, -0.25) is 14.7 Å². The number of urea groups is 1. The number of H-pyrrole nitrogens is 1. The van der Waals surface area contributed by atoms with Crippen molar-refractivity contribution in [3.63, 3.8) is 0 Å². The second-order valence-electron chi connectivity index (χ2n) is 10.6. The first kappa shape index (κ1) is 27.4. The quantitative estimate of drug-likeness (QED) is 0.321. The number of nitrogens with zero attached hydrogens (tertiary/aromatic N) is 4. The van der Waals surface area contributed by atoms with Crippen LogP contribution in [0.2, 0.25) is 5.02 Å². The molecule has 3 amide bonds. The summed E-state index contributed by atoms with van der Waals surface area (Å²) < 4.78 is 6.17. The minimum Gasteiger partial charge on any atom is -0.490 e. The number of piperazine rings is 1. The fourth-order valence-electron chi connectivity index (χ4n) is 5.59. The van der Waals surface area contributed by atoms with E-state index in [-0.39, 0.29) is 24.6 Å². The van der Waals surface area contributed by atoms with Crippen molar-refractivity contribution in [2.24, 2.45) is 4.99 Å². The van der Waals surface area contributed by atoms with Crippen molar-refractivity contribution in [3.05, 3.63) is 100 Å². The Morgan fingerprint density at radius 1 is 1.14 bits per heavy atom. The molecule has 42 heavy (non-hydrogen) atoms. The fourth-order valence-corrected chi connectivity index (χ4v) is 5.72. The van der Waals surface area contributed by atoms with Gasteiger partial charge >= 0.3 is 6.03 Å². The number of benzene rings is 3. The van der Waals surface area contributed by atoms with Crippen molar-refractivity contribution < 1.29 is 14.3 Å². The average Bonchev–Trinajstić information content (AvgIpc) is 3.58. The molecule has 2 atom stereocenters. The number of hydrogen-bond donors (Lipinski definition) is 2. The summed E-state index contributed by atoms with van der Waals surface area (Å²) >= 11 is 6.26. The van der Waals surface area contributed by atoms with Crippen LogP contribution in [0.5, 0.6) is 5.75 Å². The SMILES string of the molecule is CC(C)Oc1cc(C#N)ccc1C1=NC(c2ccc(Cl)cc2)C(c2c[nH]c3ccccc23)N1C(=O)N1CCNC(=O)C1. The van der Waals surface area contributed by atoms with Gasteiger partial charge in [0.1, 0.15) is 24.2 Å². The molecule has 2 N–H and O–H groups in total. The zero-order chi connectivity index (χ0) is 29.4. The van der Waals surface area contributed by atoms with Gasteiger partial charge in [0.25, 0.3) is 0 Å². The van der Waals surface area contributed by atoms with E-state index in [1.54, 1.807) is 28.0 Å². The number of carbonyl (C=O) groups excluding carboxylic acids is 2. The number of aromatic amines is 1. The summed E-state index contributed by atoms with van der Waals surface area (Å²) in [5.74, 6) is 0.639. The molecule has 2 unspecified atom stereocenters. The van der Waals surface area contributed by atoms with Gasteiger partial charge in [-0.05, 0) is 55.8 Å². The van der Waals surface area contributed by atoms with Gasteiger partial charge in [0, 0.05) is 40.8 Å². The molecule has 3 heterocycles. The molecule has 0 saturated carbocycles. The third-order valence-corrected chi connectivity index (χ3v) is 7.70. The molecule has 2 aliphatic rings. The normalized spacial score (nSPS) is 18.6. The van der Waals surface area contributed by atoms with E-state index in [9.17, 15) is 14.9 Å². The topological polar surface area (TPSA) is 114 Å². The Bertz CT molecular complexity index is 1740. The molecular weight excluding hydrogens is 552 g/mol. The Morgan fingerprint density at radius 3 is 2.67 bits per heavy atom. The van der Waals surface area contributed by atoms with Gasteiger partial charge in [0.2, 0.25) is 5.91 Å². The Kier molecular flexibility index (Phi) is 7.31. The predicted octanol–water partition coefficient (Wildman–Crippen LogP) is 5.58. The van der Waals surface area contributed by atoms with E-state index in [0.29, 0.717) is 40.8 Å². The summed E-state index contributed by atoms with van der Waals surface area (Å²) in [4.78, 5) is 38.7. The number of aromatic nitrogens is 1. The molecule has 2 aliphatic heterocycles. The lowest BCUT2D eigenvalue weighted by molar-refractivity contribution is -0.123. The first-order chi connectivity index (χ1) is 20.3. The molecule has 0 bridgehead atoms. The number of ether oxygens (including phenoxy) is 1. The third-order valence-electron chi connectivity index (χ3n) is 7.45. The van der Waals surface area contributed by atoms with E-state index in [1.807, 2.05) is 68.6 Å². The fraction of sp³-hybridized carbons (Fsp3) is 0.250. The number of para-hydroxylation sites is 1. The van der Waals surface area contributed by atoms with Crippen LogP contribution in [0, 0.1) is 11.3 Å². The monoisotopic (exact) mass is 580 g/mol. The molecule has 0 radical (unpaired) electrons. The lowest BCUT2D eigenvalue weighted by Gasteiger charge is -2.35. The van der Waals surface area contributed by atoms with Crippen LogP contribution in [-0.2, 0) is 4.79 Å². The number of carbonyl (C=O) groups is 2. The van der Waals surface area contributed by atoms with Crippen molar-refractivity contribution >= 4 is 40.3 Å². The molecule has 1 saturated heterocycles. The molecule has 212 valence electrons. The Morgan fingerprint density at radius 2 is 1.93 bits per heavy atom. The van der Waals surface area contributed by atoms with E-state index < -0.39 is 12.1 Å². The standard InChI is InChI=1S/C32H29ClN6O3/c1-19(2)42-27-15-20(16-34)7-12-24(27)31-37-29(21-8-10-22(33)11-9-21)30(25-17-36-26-6-4-3-5-23(25)26)39(31)32(41)38-14-13-35-28(40)18-38/h3-12,15,17,19,29-30,36H,13-14,18H2,1-2H3,(H,35,40). The number of nitrogens with one attached hydrogen (secondary N) is 2. The summed E-state index contributed by atoms with van der Waals surface area (Å²) in [5.41, 5.74) is 3.71. The van der Waals surface area contributed by atoms with Crippen molar-refractivity contribution in [2.45, 2.75) is 32.0 Å².